The number of halogens is 1. The van der Waals surface area contributed by atoms with E-state index in [0.29, 0.717) is 30.6 Å². The van der Waals surface area contributed by atoms with Crippen LogP contribution in [-0.4, -0.2) is 36.6 Å². The van der Waals surface area contributed by atoms with Crippen molar-refractivity contribution in [3.05, 3.63) is 58.7 Å². The zero-order valence-electron chi connectivity index (χ0n) is 18.2. The van der Waals surface area contributed by atoms with Crippen molar-refractivity contribution in [2.24, 2.45) is 0 Å². The average Bonchev–Trinajstić information content (AvgIpc) is 3.32. The normalized spacial score (nSPS) is 16.4. The molecule has 1 saturated carbocycles. The van der Waals surface area contributed by atoms with E-state index in [9.17, 15) is 14.0 Å². The zero-order chi connectivity index (χ0) is 21.9. The summed E-state index contributed by atoms with van der Waals surface area (Å²) in [5.74, 6) is -1.17. The summed E-state index contributed by atoms with van der Waals surface area (Å²) >= 11 is 0. The number of hydrogen-bond acceptors (Lipinski definition) is 4. The molecule has 0 radical (unpaired) electrons. The van der Waals surface area contributed by atoms with Gasteiger partial charge in [0.15, 0.2) is 6.61 Å². The topological polar surface area (TPSA) is 57.5 Å². The molecule has 6 heteroatoms. The third kappa shape index (κ3) is 4.06. The Hall–Kier alpha value is -2.47. The second-order valence-corrected chi connectivity index (χ2v) is 8.23. The van der Waals surface area contributed by atoms with Crippen LogP contribution >= 0.6 is 0 Å². The van der Waals surface area contributed by atoms with Crippen LogP contribution in [0, 0.1) is 19.7 Å². The van der Waals surface area contributed by atoms with Gasteiger partial charge in [0.1, 0.15) is 5.82 Å². The fourth-order valence-corrected chi connectivity index (χ4v) is 4.81. The van der Waals surface area contributed by atoms with E-state index in [1.54, 1.807) is 25.3 Å². The number of hydrogen-bond donors (Lipinski definition) is 0. The van der Waals surface area contributed by atoms with Gasteiger partial charge < -0.3 is 14.0 Å². The number of rotatable bonds is 8. The molecule has 0 amide bonds. The number of aromatic nitrogens is 1. The Morgan fingerprint density at radius 1 is 1.20 bits per heavy atom. The van der Waals surface area contributed by atoms with Crippen LogP contribution in [0.4, 0.5) is 4.39 Å². The molecule has 162 valence electrons. The molecule has 1 aliphatic rings. The quantitative estimate of drug-likeness (QED) is 0.464. The fourth-order valence-electron chi connectivity index (χ4n) is 4.81. The third-order valence-corrected chi connectivity index (χ3v) is 6.21. The number of ketones is 1. The van der Waals surface area contributed by atoms with Gasteiger partial charge in [-0.1, -0.05) is 31.0 Å². The Labute approximate surface area is 177 Å². The van der Waals surface area contributed by atoms with Gasteiger partial charge in [-0.25, -0.2) is 4.39 Å². The van der Waals surface area contributed by atoms with Gasteiger partial charge in [-0.3, -0.25) is 9.59 Å². The lowest BCUT2D eigenvalue weighted by Crippen LogP contribution is -2.36. The van der Waals surface area contributed by atoms with Gasteiger partial charge in [0.2, 0.25) is 5.78 Å². The van der Waals surface area contributed by atoms with Gasteiger partial charge in [0.05, 0.1) is 18.1 Å². The summed E-state index contributed by atoms with van der Waals surface area (Å²) in [6, 6.07) is 8.25. The molecule has 30 heavy (non-hydrogen) atoms. The zero-order valence-corrected chi connectivity index (χ0v) is 18.2. The first-order valence-corrected chi connectivity index (χ1v) is 10.4. The first-order chi connectivity index (χ1) is 14.3. The monoisotopic (exact) mass is 415 g/mol. The van der Waals surface area contributed by atoms with Crippen molar-refractivity contribution in [1.29, 1.82) is 0 Å². The summed E-state index contributed by atoms with van der Waals surface area (Å²) in [5, 5.41) is 0. The number of ether oxygens (including phenoxy) is 2. The summed E-state index contributed by atoms with van der Waals surface area (Å²) in [6.07, 6.45) is 2.72. The fraction of sp³-hybridized carbons (Fsp3) is 0.500. The molecule has 1 aliphatic carbocycles. The Morgan fingerprint density at radius 2 is 1.87 bits per heavy atom. The molecule has 1 heterocycles. The minimum absolute atomic E-state index is 0.0851. The average molecular weight is 416 g/mol. The number of Topliss-reactive ketones (excluding diaryl/α,β-unsaturated/α-hetero) is 1. The smallest absolute Gasteiger partial charge is 0.317 e. The molecule has 5 nitrogen and oxygen atoms in total. The maximum Gasteiger partial charge on any atom is 0.317 e. The van der Waals surface area contributed by atoms with Crippen molar-refractivity contribution in [2.75, 3.05) is 20.3 Å². The highest BCUT2D eigenvalue weighted by Crippen LogP contribution is 2.43. The van der Waals surface area contributed by atoms with Crippen LogP contribution in [0.1, 0.15) is 66.0 Å². The maximum absolute atomic E-state index is 14.5. The Balaban J connectivity index is 1.77. The molecule has 1 aromatic heterocycles. The van der Waals surface area contributed by atoms with Crippen LogP contribution in [0.25, 0.3) is 0 Å². The van der Waals surface area contributed by atoms with E-state index >= 15 is 0 Å². The van der Waals surface area contributed by atoms with Crippen molar-refractivity contribution in [2.45, 2.75) is 57.9 Å². The second kappa shape index (κ2) is 9.13. The van der Waals surface area contributed by atoms with Crippen LogP contribution in [-0.2, 0) is 19.7 Å². The van der Waals surface area contributed by atoms with Crippen molar-refractivity contribution in [3.8, 4) is 0 Å². The summed E-state index contributed by atoms with van der Waals surface area (Å²) in [5.41, 5.74) is 1.67. The summed E-state index contributed by atoms with van der Waals surface area (Å²) in [4.78, 5) is 25.9. The highest BCUT2D eigenvalue weighted by molar-refractivity contribution is 5.99. The van der Waals surface area contributed by atoms with Gasteiger partial charge in [-0.2, -0.15) is 0 Å². The highest BCUT2D eigenvalue weighted by Gasteiger charge is 2.46. The minimum Gasteiger partial charge on any atom is -0.457 e. The molecular formula is C24H30FNO4. The highest BCUT2D eigenvalue weighted by atomic mass is 19.1. The number of nitrogens with zero attached hydrogens (tertiary/aromatic N) is 1. The van der Waals surface area contributed by atoms with E-state index in [4.69, 9.17) is 9.47 Å². The van der Waals surface area contributed by atoms with E-state index in [-0.39, 0.29) is 18.4 Å². The molecule has 0 aliphatic heterocycles. The lowest BCUT2D eigenvalue weighted by atomic mass is 9.78. The van der Waals surface area contributed by atoms with Crippen molar-refractivity contribution in [1.82, 2.24) is 4.57 Å². The Kier molecular flexibility index (Phi) is 6.76. The predicted octanol–water partition coefficient (Wildman–Crippen LogP) is 4.69. The molecule has 1 aromatic carbocycles. The summed E-state index contributed by atoms with van der Waals surface area (Å²) < 4.78 is 27.2. The first kappa shape index (κ1) is 22.2. The molecule has 3 rings (SSSR count). The number of benzene rings is 1. The van der Waals surface area contributed by atoms with Crippen LogP contribution in [0.15, 0.2) is 30.3 Å². The predicted molar refractivity (Wildman–Crippen MR) is 112 cm³/mol. The number of carbonyl (C=O) groups is 2. The molecular weight excluding hydrogens is 385 g/mol. The van der Waals surface area contributed by atoms with Gasteiger partial charge >= 0.3 is 5.97 Å². The first-order valence-electron chi connectivity index (χ1n) is 10.4. The molecule has 1 fully saturated rings. The van der Waals surface area contributed by atoms with E-state index < -0.39 is 17.2 Å². The molecule has 0 N–H and O–H groups in total. The van der Waals surface area contributed by atoms with Crippen molar-refractivity contribution >= 4 is 11.8 Å². The lowest BCUT2D eigenvalue weighted by molar-refractivity contribution is -0.149. The second-order valence-electron chi connectivity index (χ2n) is 8.23. The van der Waals surface area contributed by atoms with E-state index in [0.717, 1.165) is 24.2 Å². The summed E-state index contributed by atoms with van der Waals surface area (Å²) in [7, 11) is 1.64. The SMILES string of the molecule is COCC(C)n1c(C)cc(C(=O)COC(=O)C2(c3ccccc3F)CCCC2)c1C. The Bertz CT molecular complexity index is 927. The van der Waals surface area contributed by atoms with E-state index in [1.807, 2.05) is 26.8 Å². The molecule has 2 aromatic rings. The van der Waals surface area contributed by atoms with Crippen LogP contribution in [0.5, 0.6) is 0 Å². The van der Waals surface area contributed by atoms with E-state index in [1.165, 1.54) is 6.07 Å². The molecule has 1 unspecified atom stereocenters. The van der Waals surface area contributed by atoms with Crippen molar-refractivity contribution < 1.29 is 23.5 Å². The molecule has 0 spiro atoms. The van der Waals surface area contributed by atoms with Gasteiger partial charge in [-0.15, -0.1) is 0 Å². The van der Waals surface area contributed by atoms with Crippen LogP contribution in [0.2, 0.25) is 0 Å². The molecule has 0 bridgehead atoms. The van der Waals surface area contributed by atoms with Crippen molar-refractivity contribution in [3.63, 3.8) is 0 Å². The summed E-state index contributed by atoms with van der Waals surface area (Å²) in [6.45, 7) is 6.03. The van der Waals surface area contributed by atoms with Crippen LogP contribution < -0.4 is 0 Å². The Morgan fingerprint density at radius 3 is 2.50 bits per heavy atom. The number of esters is 1. The number of aryl methyl sites for hydroxylation is 1. The van der Waals surface area contributed by atoms with Crippen LogP contribution in [0.3, 0.4) is 0 Å². The standard InChI is InChI=1S/C24H30FNO4/c1-16-13-19(18(3)26(16)17(2)14-29-4)22(27)15-30-23(28)24(11-7-8-12-24)20-9-5-6-10-21(20)25/h5-6,9-10,13,17H,7-8,11-12,14-15H2,1-4H3. The van der Waals surface area contributed by atoms with Gasteiger partial charge in [0.25, 0.3) is 0 Å². The molecule has 0 saturated heterocycles. The molecule has 1 atom stereocenters. The van der Waals surface area contributed by atoms with Gasteiger partial charge in [-0.05, 0) is 45.7 Å². The van der Waals surface area contributed by atoms with E-state index in [2.05, 4.69) is 4.57 Å². The number of methoxy groups -OCH3 is 1. The minimum atomic E-state index is -1.00. The number of carbonyl (C=O) groups excluding carboxylic acids is 2. The lowest BCUT2D eigenvalue weighted by Gasteiger charge is -2.27. The third-order valence-electron chi connectivity index (χ3n) is 6.21. The maximum atomic E-state index is 14.5. The van der Waals surface area contributed by atoms with Gasteiger partial charge in [0, 0.05) is 29.6 Å². The largest absolute Gasteiger partial charge is 0.457 e.